The molecule has 2 fully saturated rings. The maximum Gasteiger partial charge on any atom is 0.0697 e. The quantitative estimate of drug-likeness (QED) is 0.885. The van der Waals surface area contributed by atoms with Gasteiger partial charge >= 0.3 is 0 Å². The molecule has 0 bridgehead atoms. The normalized spacial score (nSPS) is 25.9. The Morgan fingerprint density at radius 1 is 1.33 bits per heavy atom. The van der Waals surface area contributed by atoms with Crippen molar-refractivity contribution < 1.29 is 4.74 Å². The molecule has 1 spiro atoms. The van der Waals surface area contributed by atoms with Crippen LogP contribution in [-0.2, 0) is 11.2 Å². The van der Waals surface area contributed by atoms with Crippen LogP contribution in [0.15, 0.2) is 24.5 Å². The molecule has 3 heteroatoms. The van der Waals surface area contributed by atoms with Crippen molar-refractivity contribution in [3.63, 3.8) is 0 Å². The lowest BCUT2D eigenvalue weighted by Crippen LogP contribution is -2.51. The molecule has 1 unspecified atom stereocenters. The van der Waals surface area contributed by atoms with Crippen molar-refractivity contribution in [3.05, 3.63) is 30.1 Å². The van der Waals surface area contributed by atoms with Crippen LogP contribution >= 0.6 is 0 Å². The molecule has 1 N–H and O–H groups in total. The van der Waals surface area contributed by atoms with Crippen molar-refractivity contribution in [2.24, 2.45) is 0 Å². The van der Waals surface area contributed by atoms with Gasteiger partial charge in [0.25, 0.3) is 0 Å². The van der Waals surface area contributed by atoms with Crippen LogP contribution in [0.4, 0.5) is 0 Å². The molecule has 0 amide bonds. The molecule has 1 aromatic rings. The molecule has 3 rings (SSSR count). The Balaban J connectivity index is 1.43. The van der Waals surface area contributed by atoms with Gasteiger partial charge in [0, 0.05) is 25.0 Å². The van der Waals surface area contributed by atoms with E-state index in [9.17, 15) is 0 Å². The molecule has 98 valence electrons. The van der Waals surface area contributed by atoms with Gasteiger partial charge in [-0.25, -0.2) is 0 Å². The number of rotatable bonds is 4. The smallest absolute Gasteiger partial charge is 0.0697 e. The van der Waals surface area contributed by atoms with E-state index in [1.807, 2.05) is 12.4 Å². The molecular weight excluding hydrogens is 224 g/mol. The molecule has 1 aromatic heterocycles. The van der Waals surface area contributed by atoms with Crippen molar-refractivity contribution in [2.45, 2.75) is 50.2 Å². The molecule has 2 aliphatic rings. The molecule has 0 aromatic carbocycles. The molecule has 1 saturated carbocycles. The molecule has 2 heterocycles. The Labute approximate surface area is 109 Å². The first-order chi connectivity index (χ1) is 8.86. The van der Waals surface area contributed by atoms with Crippen LogP contribution in [0.5, 0.6) is 0 Å². The van der Waals surface area contributed by atoms with Gasteiger partial charge in [0.1, 0.15) is 0 Å². The van der Waals surface area contributed by atoms with Crippen LogP contribution in [0.3, 0.4) is 0 Å². The minimum Gasteiger partial charge on any atom is -0.375 e. The predicted molar refractivity (Wildman–Crippen MR) is 71.5 cm³/mol. The lowest BCUT2D eigenvalue weighted by molar-refractivity contribution is -0.135. The van der Waals surface area contributed by atoms with E-state index in [0.29, 0.717) is 6.04 Å². The largest absolute Gasteiger partial charge is 0.375 e. The highest BCUT2D eigenvalue weighted by atomic mass is 16.5. The van der Waals surface area contributed by atoms with Crippen LogP contribution in [0.2, 0.25) is 0 Å². The fourth-order valence-corrected chi connectivity index (χ4v) is 3.09. The Morgan fingerprint density at radius 2 is 2.17 bits per heavy atom. The van der Waals surface area contributed by atoms with E-state index in [-0.39, 0.29) is 5.60 Å². The van der Waals surface area contributed by atoms with E-state index in [1.165, 1.54) is 31.2 Å². The lowest BCUT2D eigenvalue weighted by Gasteiger charge is -2.47. The van der Waals surface area contributed by atoms with Gasteiger partial charge in [-0.05, 0) is 62.8 Å². The van der Waals surface area contributed by atoms with Gasteiger partial charge in [-0.1, -0.05) is 0 Å². The highest BCUT2D eigenvalue weighted by molar-refractivity contribution is 5.10. The van der Waals surface area contributed by atoms with E-state index >= 15 is 0 Å². The van der Waals surface area contributed by atoms with Crippen LogP contribution in [0.25, 0.3) is 0 Å². The fraction of sp³-hybridized carbons (Fsp3) is 0.667. The maximum absolute atomic E-state index is 5.95. The summed E-state index contributed by atoms with van der Waals surface area (Å²) in [6.07, 6.45) is 11.1. The third-order valence-electron chi connectivity index (χ3n) is 4.35. The number of nitrogens with zero attached hydrogens (tertiary/aromatic N) is 1. The summed E-state index contributed by atoms with van der Waals surface area (Å²) >= 11 is 0. The van der Waals surface area contributed by atoms with Gasteiger partial charge in [-0.2, -0.15) is 0 Å². The number of hydrogen-bond donors (Lipinski definition) is 1. The summed E-state index contributed by atoms with van der Waals surface area (Å²) < 4.78 is 5.95. The number of ether oxygens (including phenoxy) is 1. The Morgan fingerprint density at radius 3 is 2.89 bits per heavy atom. The standard InChI is InChI=1S/C15H22N2O/c1-6-15(7-1)12-14(5-11-18-15)17-10-4-13-2-8-16-9-3-13/h2-3,8-9,14,17H,1,4-7,10-12H2. The van der Waals surface area contributed by atoms with Gasteiger partial charge in [0.05, 0.1) is 5.60 Å². The van der Waals surface area contributed by atoms with Crippen molar-refractivity contribution >= 4 is 0 Å². The zero-order valence-electron chi connectivity index (χ0n) is 10.9. The first kappa shape index (κ1) is 12.1. The zero-order valence-corrected chi connectivity index (χ0v) is 10.9. The number of hydrogen-bond acceptors (Lipinski definition) is 3. The average molecular weight is 246 g/mol. The van der Waals surface area contributed by atoms with Crippen LogP contribution in [0.1, 0.15) is 37.7 Å². The van der Waals surface area contributed by atoms with Crippen molar-refractivity contribution in [2.75, 3.05) is 13.2 Å². The molecule has 18 heavy (non-hydrogen) atoms. The minimum absolute atomic E-state index is 0.257. The Hall–Kier alpha value is -0.930. The Bertz CT molecular complexity index is 375. The summed E-state index contributed by atoms with van der Waals surface area (Å²) in [6, 6.07) is 4.85. The van der Waals surface area contributed by atoms with Gasteiger partial charge < -0.3 is 10.1 Å². The molecule has 1 saturated heterocycles. The number of nitrogens with one attached hydrogen (secondary N) is 1. The summed E-state index contributed by atoms with van der Waals surface area (Å²) in [6.45, 7) is 2.00. The number of pyridine rings is 1. The van der Waals surface area contributed by atoms with Crippen LogP contribution < -0.4 is 5.32 Å². The SMILES string of the molecule is c1cc(CCNC2CCOC3(CCC3)C2)ccn1. The third kappa shape index (κ3) is 2.73. The summed E-state index contributed by atoms with van der Waals surface area (Å²) in [5.41, 5.74) is 1.62. The fourth-order valence-electron chi connectivity index (χ4n) is 3.09. The van der Waals surface area contributed by atoms with E-state index in [2.05, 4.69) is 22.4 Å². The van der Waals surface area contributed by atoms with E-state index < -0.39 is 0 Å². The van der Waals surface area contributed by atoms with Crippen molar-refractivity contribution in [1.29, 1.82) is 0 Å². The summed E-state index contributed by atoms with van der Waals surface area (Å²) in [4.78, 5) is 4.04. The van der Waals surface area contributed by atoms with E-state index in [4.69, 9.17) is 4.74 Å². The van der Waals surface area contributed by atoms with Crippen molar-refractivity contribution in [1.82, 2.24) is 10.3 Å². The monoisotopic (exact) mass is 246 g/mol. The van der Waals surface area contributed by atoms with E-state index in [0.717, 1.165) is 26.0 Å². The summed E-state index contributed by atoms with van der Waals surface area (Å²) in [7, 11) is 0. The lowest BCUT2D eigenvalue weighted by atomic mass is 9.74. The van der Waals surface area contributed by atoms with Gasteiger partial charge in [-0.15, -0.1) is 0 Å². The van der Waals surface area contributed by atoms with Crippen LogP contribution in [-0.4, -0.2) is 29.8 Å². The number of aromatic nitrogens is 1. The first-order valence-corrected chi connectivity index (χ1v) is 7.13. The first-order valence-electron chi connectivity index (χ1n) is 7.13. The second kappa shape index (κ2) is 5.37. The second-order valence-corrected chi connectivity index (χ2v) is 5.63. The second-order valence-electron chi connectivity index (χ2n) is 5.63. The highest BCUT2D eigenvalue weighted by Crippen LogP contribution is 2.42. The molecule has 1 aliphatic heterocycles. The van der Waals surface area contributed by atoms with Gasteiger partial charge in [0.15, 0.2) is 0 Å². The third-order valence-corrected chi connectivity index (χ3v) is 4.35. The molecule has 0 radical (unpaired) electrons. The summed E-state index contributed by atoms with van der Waals surface area (Å²) in [5, 5.41) is 3.69. The molecular formula is C15H22N2O. The molecule has 1 atom stereocenters. The molecule has 3 nitrogen and oxygen atoms in total. The predicted octanol–water partition coefficient (Wildman–Crippen LogP) is 2.32. The van der Waals surface area contributed by atoms with Crippen LogP contribution in [0, 0.1) is 0 Å². The van der Waals surface area contributed by atoms with Gasteiger partial charge in [0.2, 0.25) is 0 Å². The Kier molecular flexibility index (Phi) is 3.62. The maximum atomic E-state index is 5.95. The minimum atomic E-state index is 0.257. The van der Waals surface area contributed by atoms with Gasteiger partial charge in [-0.3, -0.25) is 4.98 Å². The highest BCUT2D eigenvalue weighted by Gasteiger charge is 2.42. The average Bonchev–Trinajstić information content (AvgIpc) is 2.39. The zero-order chi connectivity index (χ0) is 12.3. The van der Waals surface area contributed by atoms with Crippen molar-refractivity contribution in [3.8, 4) is 0 Å². The molecule has 1 aliphatic carbocycles. The topological polar surface area (TPSA) is 34.1 Å². The van der Waals surface area contributed by atoms with E-state index in [1.54, 1.807) is 0 Å². The summed E-state index contributed by atoms with van der Waals surface area (Å²) in [5.74, 6) is 0.